The summed E-state index contributed by atoms with van der Waals surface area (Å²) in [7, 11) is 3.37. The first kappa shape index (κ1) is 14.4. The Kier molecular flexibility index (Phi) is 5.58. The third kappa shape index (κ3) is 4.71. The molecule has 1 aromatic carbocycles. The Morgan fingerprint density at radius 3 is 2.50 bits per heavy atom. The standard InChI is InChI=1S/C13H18N2O2S/c1-15(8-7-12(14)18)13(16)9-10-3-5-11(17-2)6-4-10/h3-6H,7-9H2,1-2H3,(H2,14,18). The van der Waals surface area contributed by atoms with E-state index in [0.29, 0.717) is 24.4 Å². The number of nitrogens with two attached hydrogens (primary N) is 1. The minimum Gasteiger partial charge on any atom is -0.497 e. The van der Waals surface area contributed by atoms with Crippen molar-refractivity contribution in [3.05, 3.63) is 29.8 Å². The molecule has 0 atom stereocenters. The molecule has 0 aliphatic carbocycles. The number of carbonyl (C=O) groups is 1. The van der Waals surface area contributed by atoms with Crippen LogP contribution < -0.4 is 10.5 Å². The highest BCUT2D eigenvalue weighted by molar-refractivity contribution is 7.80. The number of thiocarbonyl (C=S) groups is 1. The average Bonchev–Trinajstić information content (AvgIpc) is 2.36. The van der Waals surface area contributed by atoms with Crippen LogP contribution in [0.3, 0.4) is 0 Å². The van der Waals surface area contributed by atoms with E-state index in [2.05, 4.69) is 0 Å². The Morgan fingerprint density at radius 1 is 1.39 bits per heavy atom. The van der Waals surface area contributed by atoms with Gasteiger partial charge in [0.25, 0.3) is 0 Å². The zero-order valence-corrected chi connectivity index (χ0v) is 11.5. The lowest BCUT2D eigenvalue weighted by molar-refractivity contribution is -0.129. The van der Waals surface area contributed by atoms with Crippen molar-refractivity contribution in [2.24, 2.45) is 5.73 Å². The van der Waals surface area contributed by atoms with Crippen LogP contribution in [0.15, 0.2) is 24.3 Å². The highest BCUT2D eigenvalue weighted by Gasteiger charge is 2.09. The first-order valence-electron chi connectivity index (χ1n) is 5.68. The van der Waals surface area contributed by atoms with Crippen LogP contribution in [0, 0.1) is 0 Å². The number of nitrogens with zero attached hydrogens (tertiary/aromatic N) is 1. The van der Waals surface area contributed by atoms with Crippen molar-refractivity contribution in [2.75, 3.05) is 20.7 Å². The van der Waals surface area contributed by atoms with Gasteiger partial charge in [-0.15, -0.1) is 0 Å². The van der Waals surface area contributed by atoms with E-state index in [0.717, 1.165) is 11.3 Å². The van der Waals surface area contributed by atoms with Gasteiger partial charge in [0.15, 0.2) is 0 Å². The van der Waals surface area contributed by atoms with Crippen molar-refractivity contribution in [2.45, 2.75) is 12.8 Å². The Labute approximate surface area is 113 Å². The van der Waals surface area contributed by atoms with Gasteiger partial charge in [0.1, 0.15) is 5.75 Å². The lowest BCUT2D eigenvalue weighted by atomic mass is 10.1. The minimum atomic E-state index is 0.0522. The molecule has 5 heteroatoms. The molecule has 0 fully saturated rings. The lowest BCUT2D eigenvalue weighted by Gasteiger charge is -2.16. The van der Waals surface area contributed by atoms with Crippen molar-refractivity contribution in [3.8, 4) is 5.75 Å². The Balaban J connectivity index is 2.49. The molecule has 0 spiro atoms. The number of rotatable bonds is 6. The number of carbonyl (C=O) groups excluding carboxylic acids is 1. The number of amides is 1. The summed E-state index contributed by atoms with van der Waals surface area (Å²) >= 11 is 4.78. The lowest BCUT2D eigenvalue weighted by Crippen LogP contribution is -2.31. The second kappa shape index (κ2) is 6.96. The number of benzene rings is 1. The van der Waals surface area contributed by atoms with Gasteiger partial charge in [0.2, 0.25) is 5.91 Å². The fourth-order valence-corrected chi connectivity index (χ4v) is 1.55. The number of ether oxygens (including phenoxy) is 1. The molecule has 0 heterocycles. The van der Waals surface area contributed by atoms with E-state index in [-0.39, 0.29) is 5.91 Å². The van der Waals surface area contributed by atoms with Gasteiger partial charge in [-0.25, -0.2) is 0 Å². The number of hydrogen-bond acceptors (Lipinski definition) is 3. The first-order valence-corrected chi connectivity index (χ1v) is 6.09. The van der Waals surface area contributed by atoms with E-state index < -0.39 is 0 Å². The van der Waals surface area contributed by atoms with Crippen LogP contribution in [0.25, 0.3) is 0 Å². The number of methoxy groups -OCH3 is 1. The fourth-order valence-electron chi connectivity index (χ4n) is 1.46. The van der Waals surface area contributed by atoms with Crippen LogP contribution in [0.2, 0.25) is 0 Å². The van der Waals surface area contributed by atoms with Gasteiger partial charge in [0, 0.05) is 20.0 Å². The molecule has 0 aliphatic heterocycles. The normalized spacial score (nSPS) is 9.89. The van der Waals surface area contributed by atoms with Crippen molar-refractivity contribution in [1.29, 1.82) is 0 Å². The van der Waals surface area contributed by atoms with Gasteiger partial charge < -0.3 is 15.4 Å². The van der Waals surface area contributed by atoms with Crippen molar-refractivity contribution in [1.82, 2.24) is 4.90 Å². The number of hydrogen-bond donors (Lipinski definition) is 1. The van der Waals surface area contributed by atoms with Gasteiger partial charge in [-0.1, -0.05) is 24.4 Å². The summed E-state index contributed by atoms with van der Waals surface area (Å²) in [6.07, 6.45) is 0.929. The molecule has 0 unspecified atom stereocenters. The maximum Gasteiger partial charge on any atom is 0.226 e. The molecule has 0 saturated heterocycles. The maximum atomic E-state index is 11.9. The van der Waals surface area contributed by atoms with Crippen molar-refractivity contribution < 1.29 is 9.53 Å². The minimum absolute atomic E-state index is 0.0522. The maximum absolute atomic E-state index is 11.9. The van der Waals surface area contributed by atoms with Crippen molar-refractivity contribution in [3.63, 3.8) is 0 Å². The molecule has 0 saturated carbocycles. The van der Waals surface area contributed by atoms with Crippen LogP contribution in [0.4, 0.5) is 0 Å². The Hall–Kier alpha value is -1.62. The zero-order chi connectivity index (χ0) is 13.5. The van der Waals surface area contributed by atoms with Gasteiger partial charge >= 0.3 is 0 Å². The van der Waals surface area contributed by atoms with E-state index in [1.54, 1.807) is 19.1 Å². The van der Waals surface area contributed by atoms with Crippen LogP contribution in [-0.2, 0) is 11.2 Å². The fraction of sp³-hybridized carbons (Fsp3) is 0.385. The molecular weight excluding hydrogens is 248 g/mol. The van der Waals surface area contributed by atoms with Gasteiger partial charge in [-0.05, 0) is 17.7 Å². The summed E-state index contributed by atoms with van der Waals surface area (Å²) in [4.78, 5) is 14.0. The second-order valence-corrected chi connectivity index (χ2v) is 4.58. The van der Waals surface area contributed by atoms with E-state index >= 15 is 0 Å². The second-order valence-electron chi connectivity index (χ2n) is 4.06. The largest absolute Gasteiger partial charge is 0.497 e. The molecule has 18 heavy (non-hydrogen) atoms. The molecular formula is C13H18N2O2S. The van der Waals surface area contributed by atoms with E-state index in [1.807, 2.05) is 24.3 Å². The molecule has 98 valence electrons. The van der Waals surface area contributed by atoms with E-state index in [4.69, 9.17) is 22.7 Å². The number of likely N-dealkylation sites (N-methyl/N-ethyl adjacent to an activating group) is 1. The summed E-state index contributed by atoms with van der Waals surface area (Å²) in [5.74, 6) is 0.837. The van der Waals surface area contributed by atoms with Crippen molar-refractivity contribution >= 4 is 23.1 Å². The molecule has 0 aliphatic rings. The highest BCUT2D eigenvalue weighted by atomic mass is 32.1. The molecule has 0 bridgehead atoms. The van der Waals surface area contributed by atoms with Gasteiger partial charge in [-0.3, -0.25) is 4.79 Å². The summed E-state index contributed by atoms with van der Waals surface area (Å²) in [6, 6.07) is 7.46. The first-order chi connectivity index (χ1) is 8.52. The third-order valence-corrected chi connectivity index (χ3v) is 2.84. The molecule has 1 aromatic rings. The summed E-state index contributed by atoms with van der Waals surface area (Å²) in [5, 5.41) is 0. The molecule has 0 radical (unpaired) electrons. The Morgan fingerprint density at radius 2 is 2.00 bits per heavy atom. The summed E-state index contributed by atoms with van der Waals surface area (Å²) in [5.41, 5.74) is 6.37. The predicted octanol–water partition coefficient (Wildman–Crippen LogP) is 1.37. The van der Waals surface area contributed by atoms with Crippen LogP contribution >= 0.6 is 12.2 Å². The third-order valence-electron chi connectivity index (χ3n) is 2.63. The SMILES string of the molecule is COc1ccc(CC(=O)N(C)CCC(N)=S)cc1. The zero-order valence-electron chi connectivity index (χ0n) is 10.7. The van der Waals surface area contributed by atoms with Crippen LogP contribution in [-0.4, -0.2) is 36.5 Å². The van der Waals surface area contributed by atoms with Crippen LogP contribution in [0.5, 0.6) is 5.75 Å². The molecule has 1 amide bonds. The van der Waals surface area contributed by atoms with Gasteiger partial charge in [0.05, 0.1) is 18.5 Å². The van der Waals surface area contributed by atoms with E-state index in [9.17, 15) is 4.79 Å². The summed E-state index contributed by atoms with van der Waals surface area (Å²) in [6.45, 7) is 0.560. The molecule has 2 N–H and O–H groups in total. The quantitative estimate of drug-likeness (QED) is 0.790. The monoisotopic (exact) mass is 266 g/mol. The molecule has 0 aromatic heterocycles. The smallest absolute Gasteiger partial charge is 0.226 e. The predicted molar refractivity (Wildman–Crippen MR) is 75.7 cm³/mol. The Bertz CT molecular complexity index is 418. The average molecular weight is 266 g/mol. The molecule has 4 nitrogen and oxygen atoms in total. The van der Waals surface area contributed by atoms with Crippen LogP contribution in [0.1, 0.15) is 12.0 Å². The van der Waals surface area contributed by atoms with E-state index in [1.165, 1.54) is 0 Å². The summed E-state index contributed by atoms with van der Waals surface area (Å²) < 4.78 is 5.06. The van der Waals surface area contributed by atoms with Gasteiger partial charge in [-0.2, -0.15) is 0 Å². The topological polar surface area (TPSA) is 55.6 Å². The molecule has 1 rings (SSSR count). The highest BCUT2D eigenvalue weighted by Crippen LogP contribution is 2.12.